The van der Waals surface area contributed by atoms with Gasteiger partial charge in [0, 0.05) is 31.7 Å². The molecule has 28 heavy (non-hydrogen) atoms. The Morgan fingerprint density at radius 2 is 2.04 bits per heavy atom. The molecule has 2 atom stereocenters. The third-order valence-electron chi connectivity index (χ3n) is 5.93. The third kappa shape index (κ3) is 3.43. The molecule has 3 heterocycles. The first-order chi connectivity index (χ1) is 13.3. The van der Waals surface area contributed by atoms with Crippen molar-refractivity contribution in [3.05, 3.63) is 16.8 Å². The lowest BCUT2D eigenvalue weighted by Crippen LogP contribution is -2.49. The number of aryl methyl sites for hydroxylation is 3. The van der Waals surface area contributed by atoms with Crippen LogP contribution >= 0.6 is 0 Å². The number of hydrogen-bond acceptors (Lipinski definition) is 5. The summed E-state index contributed by atoms with van der Waals surface area (Å²) in [5.74, 6) is -0.784. The fourth-order valence-electron chi connectivity index (χ4n) is 4.31. The number of nitrogens with zero attached hydrogens (tertiary/aromatic N) is 4. The monoisotopic (exact) mass is 388 g/mol. The van der Waals surface area contributed by atoms with E-state index in [1.807, 2.05) is 27.8 Å². The van der Waals surface area contributed by atoms with Gasteiger partial charge in [-0.15, -0.1) is 5.10 Å². The van der Waals surface area contributed by atoms with Crippen LogP contribution in [0.3, 0.4) is 0 Å². The number of pyridine rings is 1. The molecular weight excluding hydrogens is 360 g/mol. The average Bonchev–Trinajstić information content (AvgIpc) is 2.97. The summed E-state index contributed by atoms with van der Waals surface area (Å²) < 4.78 is 7.09. The first-order valence-electron chi connectivity index (χ1n) is 9.65. The molecule has 1 aliphatic heterocycles. The number of rotatable bonds is 5. The fraction of sp³-hybridized carbons (Fsp3) is 0.600. The molecule has 0 spiro atoms. The van der Waals surface area contributed by atoms with E-state index in [4.69, 9.17) is 4.74 Å². The number of carbonyl (C=O) groups excluding carboxylic acids is 1. The minimum Gasteiger partial charge on any atom is -0.481 e. The number of aromatic nitrogens is 3. The van der Waals surface area contributed by atoms with Gasteiger partial charge in [0.15, 0.2) is 5.65 Å². The molecular formula is C20H28N4O4. The van der Waals surface area contributed by atoms with E-state index in [9.17, 15) is 14.7 Å². The lowest BCUT2D eigenvalue weighted by atomic mass is 9.89. The van der Waals surface area contributed by atoms with Crippen molar-refractivity contribution >= 4 is 22.9 Å². The van der Waals surface area contributed by atoms with Crippen molar-refractivity contribution in [2.45, 2.75) is 52.5 Å². The molecule has 8 nitrogen and oxygen atoms in total. The molecule has 1 aliphatic rings. The molecule has 1 amide bonds. The van der Waals surface area contributed by atoms with Crippen LogP contribution in [0.1, 0.15) is 43.0 Å². The number of hydrogen-bond donors (Lipinski definition) is 1. The average molecular weight is 388 g/mol. The van der Waals surface area contributed by atoms with Gasteiger partial charge in [0.2, 0.25) is 11.8 Å². The van der Waals surface area contributed by atoms with E-state index in [1.165, 1.54) is 0 Å². The number of piperidine rings is 1. The van der Waals surface area contributed by atoms with Crippen LogP contribution < -0.4 is 4.74 Å². The standard InChI is InChI=1S/C20H28N4O4/c1-11-14(12(2)21-18-17(11)19(28-5)22-23(18)4)8-9-16(25)24-10-6-7-15(13(24)3)20(26)27/h13,15H,6-10H2,1-5H3,(H,26,27)/t13-,15-/m0/s1. The number of fused-ring (bicyclic) bond motifs is 1. The Hall–Kier alpha value is -2.64. The van der Waals surface area contributed by atoms with Crippen LogP contribution in [0.25, 0.3) is 11.0 Å². The van der Waals surface area contributed by atoms with Gasteiger partial charge in [-0.05, 0) is 51.2 Å². The second-order valence-electron chi connectivity index (χ2n) is 7.55. The molecule has 2 aromatic rings. The van der Waals surface area contributed by atoms with E-state index in [0.29, 0.717) is 31.7 Å². The number of methoxy groups -OCH3 is 1. The molecule has 3 rings (SSSR count). The Labute approximate surface area is 164 Å². The van der Waals surface area contributed by atoms with E-state index in [-0.39, 0.29) is 11.9 Å². The van der Waals surface area contributed by atoms with Gasteiger partial charge in [0.05, 0.1) is 18.4 Å². The SMILES string of the molecule is COc1nn(C)c2nc(C)c(CCC(=O)N3CCC[C@H](C(=O)O)[C@@H]3C)c(C)c12. The van der Waals surface area contributed by atoms with Crippen molar-refractivity contribution in [3.8, 4) is 5.88 Å². The van der Waals surface area contributed by atoms with E-state index >= 15 is 0 Å². The smallest absolute Gasteiger partial charge is 0.308 e. The maximum atomic E-state index is 12.8. The zero-order valence-corrected chi connectivity index (χ0v) is 17.2. The molecule has 2 aromatic heterocycles. The van der Waals surface area contributed by atoms with Crippen LogP contribution in [0.15, 0.2) is 0 Å². The Morgan fingerprint density at radius 3 is 2.68 bits per heavy atom. The maximum absolute atomic E-state index is 12.8. The van der Waals surface area contributed by atoms with Gasteiger partial charge < -0.3 is 14.7 Å². The topological polar surface area (TPSA) is 97.5 Å². The number of likely N-dealkylation sites (tertiary alicyclic amines) is 1. The lowest BCUT2D eigenvalue weighted by molar-refractivity contribution is -0.149. The van der Waals surface area contributed by atoms with Gasteiger partial charge in [-0.3, -0.25) is 9.59 Å². The molecule has 0 bridgehead atoms. The number of carbonyl (C=O) groups is 2. The summed E-state index contributed by atoms with van der Waals surface area (Å²) in [6.45, 7) is 6.40. The number of ether oxygens (including phenoxy) is 1. The summed E-state index contributed by atoms with van der Waals surface area (Å²) in [6, 6.07) is -0.278. The van der Waals surface area contributed by atoms with Gasteiger partial charge in [-0.25, -0.2) is 9.67 Å². The minimum atomic E-state index is -0.824. The zero-order valence-electron chi connectivity index (χ0n) is 17.2. The van der Waals surface area contributed by atoms with Crippen LogP contribution in [0, 0.1) is 19.8 Å². The lowest BCUT2D eigenvalue weighted by Gasteiger charge is -2.37. The second-order valence-corrected chi connectivity index (χ2v) is 7.55. The second kappa shape index (κ2) is 7.77. The molecule has 152 valence electrons. The highest BCUT2D eigenvalue weighted by molar-refractivity contribution is 5.86. The molecule has 0 aromatic carbocycles. The Morgan fingerprint density at radius 1 is 1.32 bits per heavy atom. The molecule has 0 aliphatic carbocycles. The highest BCUT2D eigenvalue weighted by Gasteiger charge is 2.35. The van der Waals surface area contributed by atoms with Crippen molar-refractivity contribution in [1.29, 1.82) is 0 Å². The van der Waals surface area contributed by atoms with Crippen molar-refractivity contribution in [2.75, 3.05) is 13.7 Å². The van der Waals surface area contributed by atoms with E-state index in [2.05, 4.69) is 10.1 Å². The van der Waals surface area contributed by atoms with E-state index in [0.717, 1.165) is 34.3 Å². The summed E-state index contributed by atoms with van der Waals surface area (Å²) in [6.07, 6.45) is 2.23. The van der Waals surface area contributed by atoms with Gasteiger partial charge in [-0.1, -0.05) is 0 Å². The minimum absolute atomic E-state index is 0.00417. The quantitative estimate of drug-likeness (QED) is 0.844. The van der Waals surface area contributed by atoms with Crippen LogP contribution in [0.2, 0.25) is 0 Å². The van der Waals surface area contributed by atoms with Crippen LogP contribution in [0.5, 0.6) is 5.88 Å². The highest BCUT2D eigenvalue weighted by Crippen LogP contribution is 2.31. The number of aliphatic carboxylic acids is 1. The van der Waals surface area contributed by atoms with Crippen molar-refractivity contribution in [3.63, 3.8) is 0 Å². The number of carboxylic acids is 1. The first-order valence-corrected chi connectivity index (χ1v) is 9.65. The molecule has 1 N–H and O–H groups in total. The van der Waals surface area contributed by atoms with Crippen LogP contribution in [-0.4, -0.2) is 56.3 Å². The Balaban J connectivity index is 1.81. The first kappa shape index (κ1) is 20.1. The van der Waals surface area contributed by atoms with Crippen molar-refractivity contribution in [2.24, 2.45) is 13.0 Å². The molecule has 1 fully saturated rings. The molecule has 0 saturated carbocycles. The van der Waals surface area contributed by atoms with Gasteiger partial charge in [0.25, 0.3) is 0 Å². The van der Waals surface area contributed by atoms with Gasteiger partial charge in [-0.2, -0.15) is 0 Å². The number of amides is 1. The van der Waals surface area contributed by atoms with Crippen molar-refractivity contribution < 1.29 is 19.4 Å². The molecule has 0 unspecified atom stereocenters. The zero-order chi connectivity index (χ0) is 20.6. The van der Waals surface area contributed by atoms with Crippen LogP contribution in [-0.2, 0) is 23.1 Å². The summed E-state index contributed by atoms with van der Waals surface area (Å²) in [4.78, 5) is 30.6. The predicted molar refractivity (Wildman–Crippen MR) is 104 cm³/mol. The Kier molecular flexibility index (Phi) is 5.58. The highest BCUT2D eigenvalue weighted by atomic mass is 16.5. The number of carboxylic acid groups (broad SMARTS) is 1. The summed E-state index contributed by atoms with van der Waals surface area (Å²) >= 11 is 0. The predicted octanol–water partition coefficient (Wildman–Crippen LogP) is 2.24. The molecule has 1 saturated heterocycles. The molecule has 8 heteroatoms. The Bertz CT molecular complexity index is 921. The largest absolute Gasteiger partial charge is 0.481 e. The molecule has 0 radical (unpaired) electrons. The van der Waals surface area contributed by atoms with Crippen LogP contribution in [0.4, 0.5) is 0 Å². The summed E-state index contributed by atoms with van der Waals surface area (Å²) in [7, 11) is 3.41. The van der Waals surface area contributed by atoms with E-state index < -0.39 is 11.9 Å². The fourth-order valence-corrected chi connectivity index (χ4v) is 4.31. The van der Waals surface area contributed by atoms with E-state index in [1.54, 1.807) is 16.7 Å². The van der Waals surface area contributed by atoms with Crippen molar-refractivity contribution in [1.82, 2.24) is 19.7 Å². The maximum Gasteiger partial charge on any atom is 0.308 e. The summed E-state index contributed by atoms with van der Waals surface area (Å²) in [5, 5.41) is 14.6. The van der Waals surface area contributed by atoms with Gasteiger partial charge >= 0.3 is 5.97 Å². The van der Waals surface area contributed by atoms with Gasteiger partial charge in [0.1, 0.15) is 0 Å². The third-order valence-corrected chi connectivity index (χ3v) is 5.93. The summed E-state index contributed by atoms with van der Waals surface area (Å²) in [5.41, 5.74) is 3.68. The normalized spacial score (nSPS) is 19.8.